The predicted molar refractivity (Wildman–Crippen MR) is 59.2 cm³/mol. The van der Waals surface area contributed by atoms with Gasteiger partial charge in [-0.05, 0) is 6.42 Å². The van der Waals surface area contributed by atoms with E-state index in [2.05, 4.69) is 26.6 Å². The van der Waals surface area contributed by atoms with Gasteiger partial charge in [0, 0.05) is 11.6 Å². The van der Waals surface area contributed by atoms with Crippen molar-refractivity contribution < 1.29 is 25.5 Å². The van der Waals surface area contributed by atoms with Crippen LogP contribution in [0.15, 0.2) is 18.2 Å². The van der Waals surface area contributed by atoms with Crippen molar-refractivity contribution in [1.82, 2.24) is 0 Å². The number of halogens is 2. The zero-order chi connectivity index (χ0) is 11.5. The van der Waals surface area contributed by atoms with E-state index in [1.807, 2.05) is 0 Å². The minimum atomic E-state index is -0.277. The summed E-state index contributed by atoms with van der Waals surface area (Å²) in [4.78, 5) is 0. The summed E-state index contributed by atoms with van der Waals surface area (Å²) in [6.07, 6.45) is 3.39. The van der Waals surface area contributed by atoms with E-state index in [4.69, 9.17) is 4.74 Å². The molecule has 0 atom stereocenters. The first-order chi connectivity index (χ1) is 7.33. The molecule has 1 nitrogen and oxygen atoms in total. The van der Waals surface area contributed by atoms with Crippen LogP contribution in [0.3, 0.4) is 0 Å². The van der Waals surface area contributed by atoms with Gasteiger partial charge in [-0.15, -0.1) is 24.3 Å². The number of hydrogen-bond donors (Lipinski definition) is 0. The van der Waals surface area contributed by atoms with Crippen LogP contribution in [-0.4, -0.2) is 6.61 Å². The van der Waals surface area contributed by atoms with E-state index in [0.29, 0.717) is 12.4 Å². The van der Waals surface area contributed by atoms with Crippen molar-refractivity contribution in [1.29, 1.82) is 0 Å². The Balaban J connectivity index is 0.000000921. The summed E-state index contributed by atoms with van der Waals surface area (Å²) in [5, 5.41) is 0. The van der Waals surface area contributed by atoms with Gasteiger partial charge < -0.3 is 4.74 Å². The van der Waals surface area contributed by atoms with Gasteiger partial charge in [-0.3, -0.25) is 4.39 Å². The maximum atomic E-state index is 12.4. The van der Waals surface area contributed by atoms with Crippen LogP contribution in [0.4, 0.5) is 4.39 Å². The molecule has 0 radical (unpaired) electrons. The second kappa shape index (κ2) is 10.6. The minimum absolute atomic E-state index is 0.277. The molecule has 0 aromatic heterocycles. The van der Waals surface area contributed by atoms with Crippen LogP contribution in [0.2, 0.25) is 0 Å². The van der Waals surface area contributed by atoms with Crippen molar-refractivity contribution in [2.75, 3.05) is 6.61 Å². The Morgan fingerprint density at radius 2 is 2.13 bits per heavy atom. The molecule has 0 aliphatic heterocycles. The van der Waals surface area contributed by atoms with E-state index in [1.54, 1.807) is 6.07 Å². The molecule has 0 spiro atoms. The Morgan fingerprint density at radius 3 is 2.67 bits per heavy atom. The molecule has 0 aliphatic rings. The fourth-order valence-corrected chi connectivity index (χ4v) is 1.02. The fraction of sp³-hybridized carbons (Fsp3) is 0.455. The second-order valence-electron chi connectivity index (χ2n) is 2.93. The zero-order valence-corrected chi connectivity index (χ0v) is 13.5. The molecular weight excluding hydrogens is 312 g/mol. The van der Waals surface area contributed by atoms with E-state index in [-0.39, 0.29) is 5.82 Å². The Hall–Kier alpha value is 0.0534. The summed E-state index contributed by atoms with van der Waals surface area (Å²) in [5.74, 6) is 0.346. The third kappa shape index (κ3) is 7.92. The maximum absolute atomic E-state index is 12.4. The van der Waals surface area contributed by atoms with Gasteiger partial charge in [0.15, 0.2) is 0 Å². The normalized spacial score (nSPS) is 9.13. The molecule has 0 fully saturated rings. The molecule has 0 aliphatic carbocycles. The first kappa shape index (κ1) is 15.1. The molecule has 4 heteroatoms. The summed E-state index contributed by atoms with van der Waals surface area (Å²) in [7, 11) is 0. The summed E-state index contributed by atoms with van der Waals surface area (Å²) in [5.41, 5.74) is 0. The van der Waals surface area contributed by atoms with E-state index in [0.717, 1.165) is 6.42 Å². The van der Waals surface area contributed by atoms with Crippen molar-refractivity contribution in [3.8, 4) is 5.75 Å². The van der Waals surface area contributed by atoms with Crippen molar-refractivity contribution in [2.45, 2.75) is 26.2 Å². The summed E-state index contributed by atoms with van der Waals surface area (Å²) < 4.78 is 17.8. The molecule has 0 N–H and O–H groups in total. The van der Waals surface area contributed by atoms with Gasteiger partial charge in [0.05, 0.1) is 6.61 Å². The van der Waals surface area contributed by atoms with Crippen LogP contribution in [-0.2, 0) is 16.3 Å². The molecule has 0 heterocycles. The van der Waals surface area contributed by atoms with Crippen LogP contribution in [0.5, 0.6) is 5.75 Å². The molecule has 0 bridgehead atoms. The summed E-state index contributed by atoms with van der Waals surface area (Å²) in [6.45, 7) is 2.83. The topological polar surface area (TPSA) is 9.23 Å². The number of hydrogen-bond acceptors (Lipinski definition) is 1. The SMILES string of the molecule is CCCCCOc1[c-]cc(F)cc1.[Zn+][Br]. The van der Waals surface area contributed by atoms with E-state index in [9.17, 15) is 4.39 Å². The molecule has 1 aromatic carbocycles. The van der Waals surface area contributed by atoms with Crippen molar-refractivity contribution >= 4 is 13.6 Å². The Kier molecular flexibility index (Phi) is 10.6. The van der Waals surface area contributed by atoms with Crippen LogP contribution in [0, 0.1) is 11.9 Å². The van der Waals surface area contributed by atoms with Gasteiger partial charge in [0.1, 0.15) is 0 Å². The molecule has 1 rings (SSSR count). The van der Waals surface area contributed by atoms with Gasteiger partial charge in [-0.2, -0.15) is 0 Å². The number of benzene rings is 1. The van der Waals surface area contributed by atoms with Gasteiger partial charge in [-0.1, -0.05) is 19.8 Å². The van der Waals surface area contributed by atoms with E-state index >= 15 is 0 Å². The first-order valence-corrected chi connectivity index (χ1v) is 11.8. The van der Waals surface area contributed by atoms with E-state index in [1.165, 1.54) is 41.3 Å². The van der Waals surface area contributed by atoms with Crippen molar-refractivity contribution in [3.63, 3.8) is 0 Å². The van der Waals surface area contributed by atoms with Gasteiger partial charge in [0.25, 0.3) is 0 Å². The number of rotatable bonds is 5. The standard InChI is InChI=1S/C11H14FO.BrH.Zn/c1-2-3-4-9-13-11-7-5-10(12)6-8-11;;/h5-7H,2-4,9H2,1H3;1H;/q-1;;+2/p-1. The van der Waals surface area contributed by atoms with Gasteiger partial charge in [0.2, 0.25) is 0 Å². The first-order valence-electron chi connectivity index (χ1n) is 4.89. The van der Waals surface area contributed by atoms with Crippen molar-refractivity contribution in [2.24, 2.45) is 0 Å². The molecule has 0 amide bonds. The van der Waals surface area contributed by atoms with Crippen LogP contribution in [0.1, 0.15) is 26.2 Å². The van der Waals surface area contributed by atoms with Gasteiger partial charge in [-0.25, -0.2) is 0 Å². The molecule has 0 saturated heterocycles. The van der Waals surface area contributed by atoms with Crippen LogP contribution in [0.25, 0.3) is 0 Å². The average Bonchev–Trinajstić information content (AvgIpc) is 2.30. The van der Waals surface area contributed by atoms with Gasteiger partial charge >= 0.3 is 30.0 Å². The zero-order valence-electron chi connectivity index (χ0n) is 8.93. The molecular formula is C11H14BrFOZn. The van der Waals surface area contributed by atoms with E-state index < -0.39 is 0 Å². The Morgan fingerprint density at radius 1 is 1.40 bits per heavy atom. The quantitative estimate of drug-likeness (QED) is 0.451. The summed E-state index contributed by atoms with van der Waals surface area (Å²) in [6, 6.07) is 6.98. The molecule has 80 valence electrons. The number of ether oxygens (including phenoxy) is 1. The fourth-order valence-electron chi connectivity index (χ4n) is 1.02. The Bertz CT molecular complexity index is 241. The van der Waals surface area contributed by atoms with Crippen LogP contribution >= 0.6 is 13.6 Å². The molecule has 1 aromatic rings. The summed E-state index contributed by atoms with van der Waals surface area (Å²) >= 11 is 4.25. The predicted octanol–water partition coefficient (Wildman–Crippen LogP) is 4.04. The third-order valence-electron chi connectivity index (χ3n) is 1.75. The number of unbranched alkanes of at least 4 members (excludes halogenated alkanes) is 2. The monoisotopic (exact) mass is 324 g/mol. The molecule has 0 unspecified atom stereocenters. The average molecular weight is 327 g/mol. The second-order valence-corrected chi connectivity index (χ2v) is 2.93. The van der Waals surface area contributed by atoms with Crippen LogP contribution < -0.4 is 4.74 Å². The third-order valence-corrected chi connectivity index (χ3v) is 1.75. The molecule has 15 heavy (non-hydrogen) atoms. The van der Waals surface area contributed by atoms with Crippen molar-refractivity contribution in [3.05, 3.63) is 30.1 Å². The molecule has 0 saturated carbocycles. The Labute approximate surface area is 107 Å².